The van der Waals surface area contributed by atoms with Gasteiger partial charge in [-0.05, 0) is 24.7 Å². The molecule has 0 saturated carbocycles. The summed E-state index contributed by atoms with van der Waals surface area (Å²) in [7, 11) is -0.109. The van der Waals surface area contributed by atoms with E-state index in [0.717, 1.165) is 17.1 Å². The first-order valence-electron chi connectivity index (χ1n) is 6.49. The number of thioether (sulfide) groups is 1. The van der Waals surface area contributed by atoms with Crippen LogP contribution < -0.4 is 10.1 Å². The minimum Gasteiger partial charge on any atom is -0.495 e. The minimum absolute atomic E-state index is 0.256. The van der Waals surface area contributed by atoms with Crippen LogP contribution in [-0.2, 0) is 16.6 Å². The molecule has 1 N–H and O–H groups in total. The first-order valence-corrected chi connectivity index (χ1v) is 9.08. The fourth-order valence-corrected chi connectivity index (χ4v) is 4.88. The maximum atomic E-state index is 12.7. The number of methoxy groups -OCH3 is 1. The zero-order valence-corrected chi connectivity index (χ0v) is 13.4. The van der Waals surface area contributed by atoms with Gasteiger partial charge in [0.25, 0.3) is 0 Å². The predicted molar refractivity (Wildman–Crippen MR) is 81.8 cm³/mol. The van der Waals surface area contributed by atoms with E-state index in [-0.39, 0.29) is 4.90 Å². The van der Waals surface area contributed by atoms with Gasteiger partial charge >= 0.3 is 0 Å². The molecule has 0 aromatic heterocycles. The molecule has 0 aliphatic carbocycles. The van der Waals surface area contributed by atoms with Crippen LogP contribution in [0, 0.1) is 0 Å². The average molecular weight is 316 g/mol. The molecule has 0 radical (unpaired) electrons. The number of rotatable bonds is 5. The molecule has 0 bridgehead atoms. The molecule has 1 aliphatic rings. The highest BCUT2D eigenvalue weighted by molar-refractivity contribution is 7.99. The number of hydrogen-bond acceptors (Lipinski definition) is 5. The number of nitrogens with one attached hydrogen (secondary N) is 1. The molecule has 20 heavy (non-hydrogen) atoms. The van der Waals surface area contributed by atoms with Crippen molar-refractivity contribution in [2.45, 2.75) is 11.4 Å². The van der Waals surface area contributed by atoms with Gasteiger partial charge in [0.2, 0.25) is 10.0 Å². The van der Waals surface area contributed by atoms with Crippen molar-refractivity contribution >= 4 is 21.8 Å². The third-order valence-corrected chi connectivity index (χ3v) is 6.08. The molecule has 1 saturated heterocycles. The summed E-state index contributed by atoms with van der Waals surface area (Å²) in [6.07, 6.45) is 0. The molecule has 5 nitrogen and oxygen atoms in total. The standard InChI is InChI=1S/C13H20N2O3S2/c1-14-10-11-3-4-13(12(9-11)18-2)20(16,17)15-5-7-19-8-6-15/h3-4,9,14H,5-8,10H2,1-2H3. The van der Waals surface area contributed by atoms with Gasteiger partial charge in [-0.15, -0.1) is 0 Å². The quantitative estimate of drug-likeness (QED) is 0.883. The highest BCUT2D eigenvalue weighted by atomic mass is 32.2. The Morgan fingerprint density at radius 2 is 2.05 bits per heavy atom. The summed E-state index contributed by atoms with van der Waals surface area (Å²) in [6, 6.07) is 5.25. The highest BCUT2D eigenvalue weighted by Gasteiger charge is 2.28. The van der Waals surface area contributed by atoms with Crippen molar-refractivity contribution < 1.29 is 13.2 Å². The zero-order valence-electron chi connectivity index (χ0n) is 11.8. The van der Waals surface area contributed by atoms with Crippen molar-refractivity contribution in [2.24, 2.45) is 0 Å². The third-order valence-electron chi connectivity index (χ3n) is 3.20. The second-order valence-electron chi connectivity index (χ2n) is 4.53. The topological polar surface area (TPSA) is 58.6 Å². The van der Waals surface area contributed by atoms with Crippen LogP contribution in [-0.4, -0.2) is 51.5 Å². The van der Waals surface area contributed by atoms with E-state index in [1.165, 1.54) is 7.11 Å². The van der Waals surface area contributed by atoms with E-state index in [0.29, 0.717) is 25.4 Å². The molecule has 7 heteroatoms. The molecular formula is C13H20N2O3S2. The van der Waals surface area contributed by atoms with Gasteiger partial charge in [0.15, 0.2) is 0 Å². The Bertz CT molecular complexity index is 555. The van der Waals surface area contributed by atoms with Gasteiger partial charge in [-0.3, -0.25) is 0 Å². The molecule has 0 amide bonds. The van der Waals surface area contributed by atoms with Gasteiger partial charge in [0.1, 0.15) is 10.6 Å². The average Bonchev–Trinajstić information content (AvgIpc) is 2.48. The molecule has 1 heterocycles. The fraction of sp³-hybridized carbons (Fsp3) is 0.538. The van der Waals surface area contributed by atoms with Gasteiger partial charge in [-0.2, -0.15) is 16.1 Å². The summed E-state index contributed by atoms with van der Waals surface area (Å²) in [5.41, 5.74) is 0.998. The molecule has 0 unspecified atom stereocenters. The Morgan fingerprint density at radius 3 is 2.65 bits per heavy atom. The largest absolute Gasteiger partial charge is 0.495 e. The van der Waals surface area contributed by atoms with Crippen molar-refractivity contribution in [3.05, 3.63) is 23.8 Å². The molecule has 2 rings (SSSR count). The van der Waals surface area contributed by atoms with Crippen molar-refractivity contribution in [3.63, 3.8) is 0 Å². The Kier molecular flexibility index (Phi) is 5.31. The van der Waals surface area contributed by atoms with E-state index in [9.17, 15) is 8.42 Å². The van der Waals surface area contributed by atoms with E-state index < -0.39 is 10.0 Å². The maximum absolute atomic E-state index is 12.7. The Morgan fingerprint density at radius 1 is 1.35 bits per heavy atom. The van der Waals surface area contributed by atoms with Gasteiger partial charge < -0.3 is 10.1 Å². The second kappa shape index (κ2) is 6.80. The number of hydrogen-bond donors (Lipinski definition) is 1. The van der Waals surface area contributed by atoms with Crippen LogP contribution in [0.3, 0.4) is 0 Å². The monoisotopic (exact) mass is 316 g/mol. The third kappa shape index (κ3) is 3.28. The van der Waals surface area contributed by atoms with Crippen molar-refractivity contribution in [2.75, 3.05) is 38.8 Å². The first kappa shape index (κ1) is 15.6. The summed E-state index contributed by atoms with van der Waals surface area (Å²) >= 11 is 1.78. The van der Waals surface area contributed by atoms with E-state index in [2.05, 4.69) is 5.32 Å². The smallest absolute Gasteiger partial charge is 0.246 e. The molecule has 1 aliphatic heterocycles. The zero-order chi connectivity index (χ0) is 14.6. The summed E-state index contributed by atoms with van der Waals surface area (Å²) in [5.74, 6) is 2.11. The summed E-state index contributed by atoms with van der Waals surface area (Å²) in [4.78, 5) is 0.256. The van der Waals surface area contributed by atoms with Crippen molar-refractivity contribution in [3.8, 4) is 5.75 Å². The van der Waals surface area contributed by atoms with E-state index >= 15 is 0 Å². The lowest BCUT2D eigenvalue weighted by Gasteiger charge is -2.26. The van der Waals surface area contributed by atoms with Crippen LogP contribution >= 0.6 is 11.8 Å². The number of benzene rings is 1. The summed E-state index contributed by atoms with van der Waals surface area (Å²) < 4.78 is 32.1. The van der Waals surface area contributed by atoms with Crippen molar-refractivity contribution in [1.29, 1.82) is 0 Å². The lowest BCUT2D eigenvalue weighted by molar-refractivity contribution is 0.394. The van der Waals surface area contributed by atoms with Crippen LogP contribution in [0.2, 0.25) is 0 Å². The summed E-state index contributed by atoms with van der Waals surface area (Å²) in [6.45, 7) is 1.81. The van der Waals surface area contributed by atoms with E-state index in [1.807, 2.05) is 13.1 Å². The number of nitrogens with zero attached hydrogens (tertiary/aromatic N) is 1. The normalized spacial score (nSPS) is 17.1. The van der Waals surface area contributed by atoms with Crippen LogP contribution in [0.15, 0.2) is 23.1 Å². The lowest BCUT2D eigenvalue weighted by atomic mass is 10.2. The molecular weight excluding hydrogens is 296 g/mol. The Labute approximate surface area is 124 Å². The van der Waals surface area contributed by atoms with Crippen LogP contribution in [0.5, 0.6) is 5.75 Å². The molecule has 1 aromatic rings. The van der Waals surface area contributed by atoms with Crippen molar-refractivity contribution in [1.82, 2.24) is 9.62 Å². The van der Waals surface area contributed by atoms with Gasteiger partial charge in [-0.1, -0.05) is 6.07 Å². The maximum Gasteiger partial charge on any atom is 0.246 e. The molecule has 0 atom stereocenters. The Balaban J connectivity index is 2.35. The lowest BCUT2D eigenvalue weighted by Crippen LogP contribution is -2.38. The molecule has 0 spiro atoms. The summed E-state index contributed by atoms with van der Waals surface area (Å²) in [5, 5.41) is 3.04. The predicted octanol–water partition coefficient (Wildman–Crippen LogP) is 1.15. The number of sulfonamides is 1. The molecule has 1 fully saturated rings. The van der Waals surface area contributed by atoms with Gasteiger partial charge in [0.05, 0.1) is 7.11 Å². The molecule has 1 aromatic carbocycles. The van der Waals surface area contributed by atoms with Crippen LogP contribution in [0.4, 0.5) is 0 Å². The molecule has 112 valence electrons. The number of ether oxygens (including phenoxy) is 1. The van der Waals surface area contributed by atoms with Gasteiger partial charge in [0, 0.05) is 31.1 Å². The fourth-order valence-electron chi connectivity index (χ4n) is 2.17. The Hall–Kier alpha value is -0.760. The first-order chi connectivity index (χ1) is 9.59. The highest BCUT2D eigenvalue weighted by Crippen LogP contribution is 2.29. The minimum atomic E-state index is -3.46. The second-order valence-corrected chi connectivity index (χ2v) is 7.66. The van der Waals surface area contributed by atoms with Gasteiger partial charge in [-0.25, -0.2) is 8.42 Å². The van der Waals surface area contributed by atoms with Crippen LogP contribution in [0.1, 0.15) is 5.56 Å². The van der Waals surface area contributed by atoms with E-state index in [1.54, 1.807) is 28.2 Å². The van der Waals surface area contributed by atoms with Crippen LogP contribution in [0.25, 0.3) is 0 Å². The SMILES string of the molecule is CNCc1ccc(S(=O)(=O)N2CCSCC2)c(OC)c1. The van der Waals surface area contributed by atoms with E-state index in [4.69, 9.17) is 4.74 Å².